The SMILES string of the molecule is CCCOc1ccc(/C(O)=C2\C(=O)C(=O)N(c3nnc(SCc4ccccc4Cl)s3)C2c2cccc(OCCC(C)C)c2)cc1. The molecule has 5 rings (SSSR count). The van der Waals surface area contributed by atoms with E-state index in [4.69, 9.17) is 21.1 Å². The van der Waals surface area contributed by atoms with Gasteiger partial charge in [-0.15, -0.1) is 10.2 Å². The number of anilines is 1. The first-order valence-corrected chi connectivity index (χ1v) is 16.9. The van der Waals surface area contributed by atoms with E-state index in [2.05, 4.69) is 24.0 Å². The van der Waals surface area contributed by atoms with Crippen LogP contribution in [-0.2, 0) is 15.3 Å². The summed E-state index contributed by atoms with van der Waals surface area (Å²) in [6.07, 6.45) is 1.73. The number of hydrogen-bond acceptors (Lipinski definition) is 9. The van der Waals surface area contributed by atoms with Crippen LogP contribution in [0.2, 0.25) is 5.02 Å². The Labute approximate surface area is 276 Å². The van der Waals surface area contributed by atoms with Crippen molar-refractivity contribution in [2.24, 2.45) is 5.92 Å². The van der Waals surface area contributed by atoms with Gasteiger partial charge in [-0.25, -0.2) is 0 Å². The average molecular weight is 664 g/mol. The van der Waals surface area contributed by atoms with Gasteiger partial charge in [0, 0.05) is 16.3 Å². The number of nitrogens with zero attached hydrogens (tertiary/aromatic N) is 3. The Hall–Kier alpha value is -3.86. The van der Waals surface area contributed by atoms with Crippen LogP contribution in [-0.4, -0.2) is 40.2 Å². The summed E-state index contributed by atoms with van der Waals surface area (Å²) in [7, 11) is 0. The highest BCUT2D eigenvalue weighted by atomic mass is 35.5. The zero-order valence-electron chi connectivity index (χ0n) is 25.2. The van der Waals surface area contributed by atoms with Crippen LogP contribution >= 0.6 is 34.7 Å². The molecule has 1 fully saturated rings. The van der Waals surface area contributed by atoms with E-state index >= 15 is 0 Å². The van der Waals surface area contributed by atoms with Crippen molar-refractivity contribution in [3.8, 4) is 11.5 Å². The Morgan fingerprint density at radius 3 is 2.49 bits per heavy atom. The second-order valence-electron chi connectivity index (χ2n) is 10.9. The molecule has 8 nitrogen and oxygen atoms in total. The smallest absolute Gasteiger partial charge is 0.301 e. The summed E-state index contributed by atoms with van der Waals surface area (Å²) in [5.74, 6) is 0.388. The lowest BCUT2D eigenvalue weighted by atomic mass is 9.95. The van der Waals surface area contributed by atoms with E-state index in [-0.39, 0.29) is 16.5 Å². The van der Waals surface area contributed by atoms with Crippen LogP contribution in [0.4, 0.5) is 5.13 Å². The first-order chi connectivity index (χ1) is 21.8. The number of carbonyl (C=O) groups is 2. The van der Waals surface area contributed by atoms with Crippen LogP contribution in [0.5, 0.6) is 11.5 Å². The number of ether oxygens (including phenoxy) is 2. The number of aliphatic hydroxyl groups is 1. The number of aromatic nitrogens is 2. The molecule has 1 unspecified atom stereocenters. The molecule has 1 aliphatic rings. The van der Waals surface area contributed by atoms with Gasteiger partial charge in [-0.3, -0.25) is 14.5 Å². The molecule has 0 spiro atoms. The molecule has 4 aromatic rings. The highest BCUT2D eigenvalue weighted by Crippen LogP contribution is 2.45. The van der Waals surface area contributed by atoms with E-state index in [0.717, 1.165) is 18.4 Å². The minimum Gasteiger partial charge on any atom is -0.507 e. The molecule has 234 valence electrons. The van der Waals surface area contributed by atoms with E-state index in [1.54, 1.807) is 30.3 Å². The molecule has 0 saturated carbocycles. The van der Waals surface area contributed by atoms with Gasteiger partial charge in [0.2, 0.25) is 5.13 Å². The normalized spacial score (nSPS) is 16.0. The summed E-state index contributed by atoms with van der Waals surface area (Å²) in [6.45, 7) is 7.35. The van der Waals surface area contributed by atoms with Crippen LogP contribution in [0.15, 0.2) is 82.7 Å². The van der Waals surface area contributed by atoms with Crippen molar-refractivity contribution in [2.45, 2.75) is 49.7 Å². The quantitative estimate of drug-likeness (QED) is 0.0501. The van der Waals surface area contributed by atoms with Gasteiger partial charge in [-0.1, -0.05) is 85.8 Å². The monoisotopic (exact) mass is 663 g/mol. The van der Waals surface area contributed by atoms with E-state index in [9.17, 15) is 14.7 Å². The first kappa shape index (κ1) is 32.5. The molecular formula is C34H34ClN3O5S2. The minimum absolute atomic E-state index is 0.0398. The number of thioether (sulfide) groups is 1. The second kappa shape index (κ2) is 14.9. The molecule has 1 aromatic heterocycles. The highest BCUT2D eigenvalue weighted by Gasteiger charge is 2.48. The molecule has 3 aromatic carbocycles. The Morgan fingerprint density at radius 1 is 1.00 bits per heavy atom. The van der Waals surface area contributed by atoms with Gasteiger partial charge in [0.15, 0.2) is 4.34 Å². The van der Waals surface area contributed by atoms with Gasteiger partial charge in [-0.2, -0.15) is 0 Å². The summed E-state index contributed by atoms with van der Waals surface area (Å²) >= 11 is 8.96. The number of hydrogen-bond donors (Lipinski definition) is 1. The third-order valence-electron chi connectivity index (χ3n) is 7.09. The van der Waals surface area contributed by atoms with Gasteiger partial charge >= 0.3 is 5.91 Å². The van der Waals surface area contributed by atoms with Crippen molar-refractivity contribution < 1.29 is 24.2 Å². The largest absolute Gasteiger partial charge is 0.507 e. The zero-order chi connectivity index (χ0) is 31.9. The molecule has 1 atom stereocenters. The van der Waals surface area contributed by atoms with Crippen molar-refractivity contribution >= 4 is 57.3 Å². The number of halogens is 1. The number of aliphatic hydroxyl groups excluding tert-OH is 1. The van der Waals surface area contributed by atoms with Crippen molar-refractivity contribution in [3.63, 3.8) is 0 Å². The maximum absolute atomic E-state index is 13.7. The fraction of sp³-hybridized carbons (Fsp3) is 0.294. The molecule has 1 saturated heterocycles. The summed E-state index contributed by atoms with van der Waals surface area (Å²) < 4.78 is 12.3. The number of amides is 1. The van der Waals surface area contributed by atoms with E-state index < -0.39 is 17.7 Å². The Bertz CT molecular complexity index is 1690. The standard InChI is InChI=1S/C34H34ClN3O5S2/c1-4-17-42-25-14-12-22(13-15-25)30(39)28-29(23-9-7-10-26(19-23)43-18-16-21(2)3)38(32(41)31(28)40)33-36-37-34(45-33)44-20-24-8-5-6-11-27(24)35/h5-15,19,21,29,39H,4,16-18,20H2,1-3H3/b30-28+. The number of ketones is 1. The first-order valence-electron chi connectivity index (χ1n) is 14.7. The molecule has 0 aliphatic carbocycles. The summed E-state index contributed by atoms with van der Waals surface area (Å²) in [5.41, 5.74) is 1.89. The van der Waals surface area contributed by atoms with E-state index in [1.165, 1.54) is 28.0 Å². The maximum atomic E-state index is 13.7. The topological polar surface area (TPSA) is 102 Å². The van der Waals surface area contributed by atoms with Gasteiger partial charge in [0.1, 0.15) is 17.3 Å². The number of benzene rings is 3. The lowest BCUT2D eigenvalue weighted by molar-refractivity contribution is -0.132. The molecule has 45 heavy (non-hydrogen) atoms. The van der Waals surface area contributed by atoms with Crippen LogP contribution in [0.3, 0.4) is 0 Å². The molecule has 11 heteroatoms. The summed E-state index contributed by atoms with van der Waals surface area (Å²) in [5, 5.41) is 21.0. The van der Waals surface area contributed by atoms with Crippen molar-refractivity contribution in [1.82, 2.24) is 10.2 Å². The predicted molar refractivity (Wildman–Crippen MR) is 179 cm³/mol. The van der Waals surface area contributed by atoms with Crippen molar-refractivity contribution in [2.75, 3.05) is 18.1 Å². The third-order valence-corrected chi connectivity index (χ3v) is 9.57. The maximum Gasteiger partial charge on any atom is 0.301 e. The van der Waals surface area contributed by atoms with Gasteiger partial charge in [-0.05, 0) is 72.4 Å². The van der Waals surface area contributed by atoms with Crippen LogP contribution in [0.1, 0.15) is 56.3 Å². The lowest BCUT2D eigenvalue weighted by Gasteiger charge is -2.23. The molecule has 1 N–H and O–H groups in total. The van der Waals surface area contributed by atoms with Gasteiger partial charge in [0.25, 0.3) is 5.78 Å². The Kier molecular flexibility index (Phi) is 10.8. The van der Waals surface area contributed by atoms with Crippen LogP contribution < -0.4 is 14.4 Å². The number of carbonyl (C=O) groups excluding carboxylic acids is 2. The third kappa shape index (κ3) is 7.69. The molecule has 1 amide bonds. The Balaban J connectivity index is 1.52. The predicted octanol–water partition coefficient (Wildman–Crippen LogP) is 8.32. The zero-order valence-corrected chi connectivity index (χ0v) is 27.6. The Morgan fingerprint density at radius 2 is 1.76 bits per heavy atom. The average Bonchev–Trinajstić information content (AvgIpc) is 3.61. The number of rotatable bonds is 13. The fourth-order valence-electron chi connectivity index (χ4n) is 4.73. The fourth-order valence-corrected chi connectivity index (χ4v) is 6.88. The number of Topliss-reactive ketones (excluding diaryl/α,β-unsaturated/α-hetero) is 1. The molecule has 0 radical (unpaired) electrons. The molecular weight excluding hydrogens is 630 g/mol. The molecule has 2 heterocycles. The van der Waals surface area contributed by atoms with E-state index in [1.807, 2.05) is 49.4 Å². The lowest BCUT2D eigenvalue weighted by Crippen LogP contribution is -2.29. The van der Waals surface area contributed by atoms with Gasteiger partial charge < -0.3 is 14.6 Å². The van der Waals surface area contributed by atoms with Crippen molar-refractivity contribution in [3.05, 3.63) is 100 Å². The summed E-state index contributed by atoms with van der Waals surface area (Å²) in [6, 6.07) is 20.6. The van der Waals surface area contributed by atoms with Gasteiger partial charge in [0.05, 0.1) is 24.8 Å². The molecule has 1 aliphatic heterocycles. The van der Waals surface area contributed by atoms with Crippen molar-refractivity contribution in [1.29, 1.82) is 0 Å². The minimum atomic E-state index is -0.955. The van der Waals surface area contributed by atoms with E-state index in [0.29, 0.717) is 56.9 Å². The van der Waals surface area contributed by atoms with Crippen LogP contribution in [0.25, 0.3) is 5.76 Å². The molecule has 0 bridgehead atoms. The van der Waals surface area contributed by atoms with Crippen LogP contribution in [0, 0.1) is 5.92 Å². The summed E-state index contributed by atoms with van der Waals surface area (Å²) in [4.78, 5) is 28.6. The second-order valence-corrected chi connectivity index (χ2v) is 13.5. The highest BCUT2D eigenvalue weighted by molar-refractivity contribution is 8.00.